The molecule has 0 unspecified atom stereocenters. The fourth-order valence-electron chi connectivity index (χ4n) is 1.86. The first kappa shape index (κ1) is 15.8. The Balaban J connectivity index is 1.95. The number of methoxy groups -OCH3 is 1. The third-order valence-electron chi connectivity index (χ3n) is 2.92. The van der Waals surface area contributed by atoms with E-state index < -0.39 is 0 Å². The van der Waals surface area contributed by atoms with Gasteiger partial charge in [0, 0.05) is 5.69 Å². The fraction of sp³-hybridized carbons (Fsp3) is 0.125. The Morgan fingerprint density at radius 2 is 1.82 bits per heavy atom. The zero-order chi connectivity index (χ0) is 15.9. The van der Waals surface area contributed by atoms with Gasteiger partial charge in [0.2, 0.25) is 0 Å². The molecule has 2 rings (SSSR count). The highest BCUT2D eigenvalue weighted by atomic mass is 32.1. The Bertz CT molecular complexity index is 674. The van der Waals surface area contributed by atoms with Gasteiger partial charge in [-0.25, -0.2) is 0 Å². The standard InChI is InChI=1S/C16H17N3O2S/c1-11-8-9-14(21-2)13(10-11)15(20)18-19-16(22)17-12-6-4-3-5-7-12/h3-10H,1-2H3,(H,18,20)(H2,17,19,22). The molecule has 2 aromatic rings. The monoisotopic (exact) mass is 315 g/mol. The van der Waals surface area contributed by atoms with Gasteiger partial charge in [-0.05, 0) is 43.4 Å². The lowest BCUT2D eigenvalue weighted by atomic mass is 10.1. The summed E-state index contributed by atoms with van der Waals surface area (Å²) in [6, 6.07) is 14.8. The van der Waals surface area contributed by atoms with Crippen LogP contribution in [-0.4, -0.2) is 18.1 Å². The number of aryl methyl sites for hydroxylation is 1. The van der Waals surface area contributed by atoms with Gasteiger partial charge < -0.3 is 10.1 Å². The number of hydrogen-bond acceptors (Lipinski definition) is 3. The number of hydrogen-bond donors (Lipinski definition) is 3. The van der Waals surface area contributed by atoms with Gasteiger partial charge in [0.15, 0.2) is 5.11 Å². The first-order chi connectivity index (χ1) is 10.6. The largest absolute Gasteiger partial charge is 0.496 e. The van der Waals surface area contributed by atoms with E-state index in [9.17, 15) is 4.79 Å². The lowest BCUT2D eigenvalue weighted by Gasteiger charge is -2.13. The van der Waals surface area contributed by atoms with Crippen LogP contribution in [-0.2, 0) is 0 Å². The quantitative estimate of drug-likeness (QED) is 0.600. The maximum absolute atomic E-state index is 12.2. The molecule has 0 aliphatic heterocycles. The molecule has 0 saturated heterocycles. The van der Waals surface area contributed by atoms with Crippen LogP contribution in [0.1, 0.15) is 15.9 Å². The average molecular weight is 315 g/mol. The summed E-state index contributed by atoms with van der Waals surface area (Å²) in [7, 11) is 1.52. The molecule has 0 aromatic heterocycles. The number of thiocarbonyl (C=S) groups is 1. The summed E-state index contributed by atoms with van der Waals surface area (Å²) in [5, 5.41) is 3.26. The zero-order valence-corrected chi connectivity index (χ0v) is 13.2. The molecule has 1 amide bonds. The maximum atomic E-state index is 12.2. The summed E-state index contributed by atoms with van der Waals surface area (Å²) in [6.07, 6.45) is 0. The van der Waals surface area contributed by atoms with Crippen molar-refractivity contribution in [3.05, 3.63) is 59.7 Å². The Labute approximate surface area is 134 Å². The average Bonchev–Trinajstić information content (AvgIpc) is 2.53. The third-order valence-corrected chi connectivity index (χ3v) is 3.12. The van der Waals surface area contributed by atoms with Crippen molar-refractivity contribution in [2.75, 3.05) is 12.4 Å². The van der Waals surface area contributed by atoms with Crippen molar-refractivity contribution in [2.45, 2.75) is 6.92 Å². The van der Waals surface area contributed by atoms with Crippen molar-refractivity contribution in [3.63, 3.8) is 0 Å². The first-order valence-electron chi connectivity index (χ1n) is 6.67. The summed E-state index contributed by atoms with van der Waals surface area (Å²) < 4.78 is 5.19. The fourth-order valence-corrected chi connectivity index (χ4v) is 2.03. The summed E-state index contributed by atoms with van der Waals surface area (Å²) in [5.41, 5.74) is 7.46. The second kappa shape index (κ2) is 7.42. The van der Waals surface area contributed by atoms with Crippen molar-refractivity contribution in [1.29, 1.82) is 0 Å². The first-order valence-corrected chi connectivity index (χ1v) is 7.08. The van der Waals surface area contributed by atoms with Crippen LogP contribution >= 0.6 is 12.2 Å². The molecule has 2 aromatic carbocycles. The van der Waals surface area contributed by atoms with E-state index in [0.717, 1.165) is 11.3 Å². The van der Waals surface area contributed by atoms with Crippen molar-refractivity contribution < 1.29 is 9.53 Å². The van der Waals surface area contributed by atoms with Crippen LogP contribution in [0.3, 0.4) is 0 Å². The summed E-state index contributed by atoms with van der Waals surface area (Å²) in [5.74, 6) is 0.185. The molecule has 0 radical (unpaired) electrons. The van der Waals surface area contributed by atoms with Gasteiger partial charge in [0.25, 0.3) is 5.91 Å². The molecule has 0 aliphatic rings. The number of carbonyl (C=O) groups excluding carboxylic acids is 1. The predicted octanol–water partition coefficient (Wildman–Crippen LogP) is 2.64. The van der Waals surface area contributed by atoms with Crippen LogP contribution in [0.5, 0.6) is 5.75 Å². The molecule has 114 valence electrons. The number of anilines is 1. The second-order valence-electron chi connectivity index (χ2n) is 4.60. The molecule has 22 heavy (non-hydrogen) atoms. The van der Waals surface area contributed by atoms with Crippen molar-refractivity contribution in [3.8, 4) is 5.75 Å². The van der Waals surface area contributed by atoms with Gasteiger partial charge in [0.05, 0.1) is 12.7 Å². The number of rotatable bonds is 3. The van der Waals surface area contributed by atoms with Crippen LogP contribution in [0.15, 0.2) is 48.5 Å². The molecule has 0 bridgehead atoms. The van der Waals surface area contributed by atoms with Gasteiger partial charge in [-0.1, -0.05) is 29.8 Å². The predicted molar refractivity (Wildman–Crippen MR) is 91.0 cm³/mol. The van der Waals surface area contributed by atoms with Crippen LogP contribution in [0.4, 0.5) is 5.69 Å². The van der Waals surface area contributed by atoms with E-state index in [1.807, 2.05) is 43.3 Å². The molecule has 0 aliphatic carbocycles. The summed E-state index contributed by atoms with van der Waals surface area (Å²) in [6.45, 7) is 1.91. The Kier molecular flexibility index (Phi) is 5.32. The molecule has 0 saturated carbocycles. The number of hydrazine groups is 1. The van der Waals surface area contributed by atoms with E-state index >= 15 is 0 Å². The number of nitrogens with one attached hydrogen (secondary N) is 3. The summed E-state index contributed by atoms with van der Waals surface area (Å²) >= 11 is 5.12. The van der Waals surface area contributed by atoms with Gasteiger partial charge in [-0.15, -0.1) is 0 Å². The molecule has 0 heterocycles. The van der Waals surface area contributed by atoms with Crippen LogP contribution < -0.4 is 20.9 Å². The SMILES string of the molecule is COc1ccc(C)cc1C(=O)NNC(=S)Nc1ccccc1. The number of amides is 1. The highest BCUT2D eigenvalue weighted by Crippen LogP contribution is 2.19. The molecular formula is C16H17N3O2S. The molecular weight excluding hydrogens is 298 g/mol. The van der Waals surface area contributed by atoms with E-state index in [4.69, 9.17) is 17.0 Å². The number of ether oxygens (including phenoxy) is 1. The van der Waals surface area contributed by atoms with Gasteiger partial charge in [-0.3, -0.25) is 15.6 Å². The zero-order valence-electron chi connectivity index (χ0n) is 12.3. The number of para-hydroxylation sites is 1. The van der Waals surface area contributed by atoms with Crippen molar-refractivity contribution >= 4 is 28.9 Å². The van der Waals surface area contributed by atoms with Gasteiger partial charge in [-0.2, -0.15) is 0 Å². The third kappa shape index (κ3) is 4.20. The van der Waals surface area contributed by atoms with Crippen LogP contribution in [0.25, 0.3) is 0 Å². The van der Waals surface area contributed by atoms with E-state index in [2.05, 4.69) is 16.2 Å². The molecule has 0 atom stereocenters. The molecule has 0 fully saturated rings. The minimum atomic E-state index is -0.322. The van der Waals surface area contributed by atoms with E-state index in [1.165, 1.54) is 7.11 Å². The van der Waals surface area contributed by atoms with E-state index in [0.29, 0.717) is 16.4 Å². The van der Waals surface area contributed by atoms with Crippen LogP contribution in [0, 0.1) is 6.92 Å². The van der Waals surface area contributed by atoms with Gasteiger partial charge >= 0.3 is 0 Å². The van der Waals surface area contributed by atoms with Crippen LogP contribution in [0.2, 0.25) is 0 Å². The topological polar surface area (TPSA) is 62.4 Å². The number of benzene rings is 2. The second-order valence-corrected chi connectivity index (χ2v) is 5.01. The van der Waals surface area contributed by atoms with Crippen molar-refractivity contribution in [2.24, 2.45) is 0 Å². The lowest BCUT2D eigenvalue weighted by molar-refractivity contribution is 0.0941. The normalized spacial score (nSPS) is 9.73. The maximum Gasteiger partial charge on any atom is 0.273 e. The lowest BCUT2D eigenvalue weighted by Crippen LogP contribution is -2.43. The molecule has 0 spiro atoms. The van der Waals surface area contributed by atoms with Gasteiger partial charge in [0.1, 0.15) is 5.75 Å². The highest BCUT2D eigenvalue weighted by Gasteiger charge is 2.12. The van der Waals surface area contributed by atoms with E-state index in [1.54, 1.807) is 12.1 Å². The highest BCUT2D eigenvalue weighted by molar-refractivity contribution is 7.80. The Hall–Kier alpha value is -2.60. The van der Waals surface area contributed by atoms with Crippen molar-refractivity contribution in [1.82, 2.24) is 10.9 Å². The van der Waals surface area contributed by atoms with E-state index in [-0.39, 0.29) is 5.91 Å². The minimum Gasteiger partial charge on any atom is -0.496 e. The molecule has 6 heteroatoms. The minimum absolute atomic E-state index is 0.297. The smallest absolute Gasteiger partial charge is 0.273 e. The Morgan fingerprint density at radius 3 is 2.50 bits per heavy atom. The molecule has 5 nitrogen and oxygen atoms in total. The number of carbonyl (C=O) groups is 1. The summed E-state index contributed by atoms with van der Waals surface area (Å²) in [4.78, 5) is 12.2. The Morgan fingerprint density at radius 1 is 1.09 bits per heavy atom. The molecule has 3 N–H and O–H groups in total.